The van der Waals surface area contributed by atoms with Gasteiger partial charge in [-0.25, -0.2) is 0 Å². The Labute approximate surface area is 169 Å². The molecule has 6 heteroatoms. The van der Waals surface area contributed by atoms with Crippen LogP contribution in [-0.2, 0) is 6.54 Å². The first-order valence-electron chi connectivity index (χ1n) is 9.19. The molecule has 1 aliphatic rings. The minimum atomic E-state index is 0.453. The topological polar surface area (TPSA) is 60.1 Å². The van der Waals surface area contributed by atoms with Gasteiger partial charge in [0.2, 0.25) is 0 Å². The van der Waals surface area contributed by atoms with Gasteiger partial charge in [0.1, 0.15) is 6.07 Å². The maximum absolute atomic E-state index is 9.09. The van der Waals surface area contributed by atoms with Crippen LogP contribution >= 0.6 is 11.6 Å². The van der Waals surface area contributed by atoms with E-state index in [0.717, 1.165) is 46.0 Å². The van der Waals surface area contributed by atoms with Crippen molar-refractivity contribution in [2.24, 2.45) is 0 Å². The molecular weight excluding hydrogens is 374 g/mol. The van der Waals surface area contributed by atoms with Crippen LogP contribution in [0.1, 0.15) is 28.9 Å². The second-order valence-electron chi connectivity index (χ2n) is 6.84. The van der Waals surface area contributed by atoms with Gasteiger partial charge in [-0.15, -0.1) is 0 Å². The molecule has 0 fully saturated rings. The number of ether oxygens (including phenoxy) is 2. The third kappa shape index (κ3) is 3.44. The zero-order chi connectivity index (χ0) is 19.7. The van der Waals surface area contributed by atoms with Gasteiger partial charge in [-0.2, -0.15) is 10.4 Å². The first-order valence-corrected chi connectivity index (χ1v) is 9.57. The van der Waals surface area contributed by atoms with Crippen molar-refractivity contribution in [2.45, 2.75) is 26.8 Å². The predicted molar refractivity (Wildman–Crippen MR) is 108 cm³/mol. The summed E-state index contributed by atoms with van der Waals surface area (Å²) in [6.45, 7) is 6.01. The van der Waals surface area contributed by atoms with E-state index < -0.39 is 0 Å². The lowest BCUT2D eigenvalue weighted by atomic mass is 10.0. The van der Waals surface area contributed by atoms with Crippen molar-refractivity contribution in [1.29, 1.82) is 5.26 Å². The van der Waals surface area contributed by atoms with Crippen LogP contribution in [-0.4, -0.2) is 23.0 Å². The second kappa shape index (κ2) is 7.57. The molecule has 1 aromatic heterocycles. The SMILES string of the molecule is Cc1nn(Cc2ccc3c(c2)OCCCO3)c(C)c1-c1ccc(C#N)c(Cl)c1. The summed E-state index contributed by atoms with van der Waals surface area (Å²) in [5.74, 6) is 1.58. The normalized spacial score (nSPS) is 13.1. The molecule has 0 spiro atoms. The van der Waals surface area contributed by atoms with E-state index in [2.05, 4.69) is 6.07 Å². The van der Waals surface area contributed by atoms with Crippen molar-refractivity contribution in [1.82, 2.24) is 9.78 Å². The van der Waals surface area contributed by atoms with Gasteiger partial charge in [0.05, 0.1) is 36.0 Å². The molecule has 0 bridgehead atoms. The quantitative estimate of drug-likeness (QED) is 0.634. The number of hydrogen-bond acceptors (Lipinski definition) is 4. The molecule has 28 heavy (non-hydrogen) atoms. The Bertz CT molecular complexity index is 1080. The monoisotopic (exact) mass is 393 g/mol. The summed E-state index contributed by atoms with van der Waals surface area (Å²) in [5, 5.41) is 14.3. The average molecular weight is 394 g/mol. The number of nitrogens with zero attached hydrogens (tertiary/aromatic N) is 3. The largest absolute Gasteiger partial charge is 0.490 e. The summed E-state index contributed by atoms with van der Waals surface area (Å²) >= 11 is 6.23. The van der Waals surface area contributed by atoms with Crippen LogP contribution in [0.5, 0.6) is 11.5 Å². The fraction of sp³-hybridized carbons (Fsp3) is 0.273. The summed E-state index contributed by atoms with van der Waals surface area (Å²) in [6.07, 6.45) is 0.887. The van der Waals surface area contributed by atoms with Gasteiger partial charge in [-0.3, -0.25) is 4.68 Å². The molecule has 0 saturated heterocycles. The maximum Gasteiger partial charge on any atom is 0.161 e. The first-order chi connectivity index (χ1) is 13.6. The molecular formula is C22H20ClN3O2. The van der Waals surface area contributed by atoms with E-state index in [1.165, 1.54) is 0 Å². The molecule has 0 saturated carbocycles. The molecule has 0 radical (unpaired) electrons. The van der Waals surface area contributed by atoms with E-state index in [1.807, 2.05) is 48.9 Å². The van der Waals surface area contributed by atoms with Crippen molar-refractivity contribution in [3.63, 3.8) is 0 Å². The number of benzene rings is 2. The lowest BCUT2D eigenvalue weighted by Crippen LogP contribution is -2.04. The molecule has 1 aliphatic heterocycles. The van der Waals surface area contributed by atoms with Crippen molar-refractivity contribution < 1.29 is 9.47 Å². The zero-order valence-corrected chi connectivity index (χ0v) is 16.6. The highest BCUT2D eigenvalue weighted by molar-refractivity contribution is 6.32. The van der Waals surface area contributed by atoms with Crippen molar-refractivity contribution >= 4 is 11.6 Å². The number of rotatable bonds is 3. The van der Waals surface area contributed by atoms with Crippen molar-refractivity contribution in [2.75, 3.05) is 13.2 Å². The molecule has 2 aromatic carbocycles. The van der Waals surface area contributed by atoms with E-state index in [1.54, 1.807) is 6.07 Å². The summed E-state index contributed by atoms with van der Waals surface area (Å²) in [7, 11) is 0. The van der Waals surface area contributed by atoms with E-state index in [9.17, 15) is 0 Å². The highest BCUT2D eigenvalue weighted by Gasteiger charge is 2.16. The zero-order valence-electron chi connectivity index (χ0n) is 15.8. The van der Waals surface area contributed by atoms with E-state index in [4.69, 9.17) is 31.4 Å². The van der Waals surface area contributed by atoms with Gasteiger partial charge in [-0.1, -0.05) is 23.7 Å². The highest BCUT2D eigenvalue weighted by Crippen LogP contribution is 2.33. The number of fused-ring (bicyclic) bond motifs is 1. The minimum absolute atomic E-state index is 0.453. The highest BCUT2D eigenvalue weighted by atomic mass is 35.5. The molecule has 0 aliphatic carbocycles. The van der Waals surface area contributed by atoms with Crippen LogP contribution in [0, 0.1) is 25.2 Å². The molecule has 2 heterocycles. The van der Waals surface area contributed by atoms with Crippen LogP contribution in [0.3, 0.4) is 0 Å². The van der Waals surface area contributed by atoms with Gasteiger partial charge in [0.25, 0.3) is 0 Å². The summed E-state index contributed by atoms with van der Waals surface area (Å²) in [6, 6.07) is 13.6. The fourth-order valence-corrected chi connectivity index (χ4v) is 3.73. The van der Waals surface area contributed by atoms with Gasteiger partial charge in [0, 0.05) is 17.7 Å². The standard InChI is InChI=1S/C22H20ClN3O2/c1-14-22(17-5-6-18(12-24)19(23)11-17)15(2)26(25-14)13-16-4-7-20-21(10-16)28-9-3-8-27-20/h4-7,10-11H,3,8-9,13H2,1-2H3. The predicted octanol–water partition coefficient (Wildman–Crippen LogP) is 4.90. The minimum Gasteiger partial charge on any atom is -0.490 e. The second-order valence-corrected chi connectivity index (χ2v) is 7.25. The van der Waals surface area contributed by atoms with Crippen LogP contribution in [0.4, 0.5) is 0 Å². The smallest absolute Gasteiger partial charge is 0.161 e. The lowest BCUT2D eigenvalue weighted by molar-refractivity contribution is 0.297. The van der Waals surface area contributed by atoms with Crippen LogP contribution < -0.4 is 9.47 Å². The summed E-state index contributed by atoms with van der Waals surface area (Å²) in [5.41, 5.74) is 5.54. The molecule has 5 nitrogen and oxygen atoms in total. The molecule has 0 amide bonds. The molecule has 0 unspecified atom stereocenters. The molecule has 142 valence electrons. The van der Waals surface area contributed by atoms with Crippen LogP contribution in [0.15, 0.2) is 36.4 Å². The van der Waals surface area contributed by atoms with Gasteiger partial charge in [-0.05, 0) is 49.2 Å². The number of nitriles is 1. The van der Waals surface area contributed by atoms with Crippen LogP contribution in [0.2, 0.25) is 5.02 Å². The van der Waals surface area contributed by atoms with Gasteiger partial charge < -0.3 is 9.47 Å². The Balaban J connectivity index is 1.66. The Kier molecular flexibility index (Phi) is 4.97. The maximum atomic E-state index is 9.09. The summed E-state index contributed by atoms with van der Waals surface area (Å²) in [4.78, 5) is 0. The molecule has 0 atom stereocenters. The molecule has 4 rings (SSSR count). The Morgan fingerprint density at radius 3 is 2.64 bits per heavy atom. The van der Waals surface area contributed by atoms with Gasteiger partial charge in [0.15, 0.2) is 11.5 Å². The molecule has 3 aromatic rings. The summed E-state index contributed by atoms with van der Waals surface area (Å²) < 4.78 is 13.5. The lowest BCUT2D eigenvalue weighted by Gasteiger charge is -2.11. The van der Waals surface area contributed by atoms with E-state index >= 15 is 0 Å². The average Bonchev–Trinajstić information content (AvgIpc) is 2.85. The Hall–Kier alpha value is -2.97. The van der Waals surface area contributed by atoms with E-state index in [-0.39, 0.29) is 0 Å². The number of hydrogen-bond donors (Lipinski definition) is 0. The first kappa shape index (κ1) is 18.4. The number of aromatic nitrogens is 2. The van der Waals surface area contributed by atoms with Crippen molar-refractivity contribution in [3.8, 4) is 28.7 Å². The van der Waals surface area contributed by atoms with E-state index in [0.29, 0.717) is 30.3 Å². The Morgan fingerprint density at radius 1 is 1.11 bits per heavy atom. The van der Waals surface area contributed by atoms with Crippen molar-refractivity contribution in [3.05, 3.63) is 63.9 Å². The Morgan fingerprint density at radius 2 is 1.89 bits per heavy atom. The number of halogens is 1. The third-order valence-corrected chi connectivity index (χ3v) is 5.22. The third-order valence-electron chi connectivity index (χ3n) is 4.90. The van der Waals surface area contributed by atoms with Crippen LogP contribution in [0.25, 0.3) is 11.1 Å². The number of aryl methyl sites for hydroxylation is 1. The van der Waals surface area contributed by atoms with Gasteiger partial charge >= 0.3 is 0 Å². The molecule has 0 N–H and O–H groups in total. The fourth-order valence-electron chi connectivity index (χ4n) is 3.51.